The van der Waals surface area contributed by atoms with E-state index in [1.165, 1.54) is 4.68 Å². The van der Waals surface area contributed by atoms with Gasteiger partial charge in [0, 0.05) is 18.1 Å². The standard InChI is InChI=1S/C19H23N5O2S/c1-13(2)24-19(26)15-12-14(6-7-16(15)21-22-24)20-18(25)17(8-11-27-3)23-9-4-5-10-23/h4-7,9-10,12-13,17H,8,11H2,1-3H3,(H,20,25)/t17-/m0/s1. The predicted molar refractivity (Wildman–Crippen MR) is 109 cm³/mol. The Hall–Kier alpha value is -2.61. The maximum atomic E-state index is 12.9. The molecule has 2 aromatic heterocycles. The SMILES string of the molecule is CSCC[C@@H](C(=O)Nc1ccc2nnn(C(C)C)c(=O)c2c1)n1cccc1. The van der Waals surface area contributed by atoms with Gasteiger partial charge in [-0.05, 0) is 62.6 Å². The van der Waals surface area contributed by atoms with Crippen molar-refractivity contribution in [2.75, 3.05) is 17.3 Å². The third kappa shape index (κ3) is 4.21. The average Bonchev–Trinajstić information content (AvgIpc) is 3.17. The van der Waals surface area contributed by atoms with Crippen molar-refractivity contribution in [3.63, 3.8) is 0 Å². The van der Waals surface area contributed by atoms with E-state index in [-0.39, 0.29) is 23.6 Å². The molecule has 0 saturated heterocycles. The number of thioether (sulfide) groups is 1. The monoisotopic (exact) mass is 385 g/mol. The van der Waals surface area contributed by atoms with Gasteiger partial charge in [-0.15, -0.1) is 5.10 Å². The number of rotatable bonds is 7. The number of amides is 1. The fourth-order valence-electron chi connectivity index (χ4n) is 2.90. The molecule has 2 heterocycles. The summed E-state index contributed by atoms with van der Waals surface area (Å²) in [5, 5.41) is 11.4. The minimum Gasteiger partial charge on any atom is -0.342 e. The van der Waals surface area contributed by atoms with Crippen molar-refractivity contribution >= 4 is 34.3 Å². The maximum absolute atomic E-state index is 12.9. The van der Waals surface area contributed by atoms with Gasteiger partial charge in [0.2, 0.25) is 5.91 Å². The molecule has 0 aliphatic rings. The highest BCUT2D eigenvalue weighted by Gasteiger charge is 2.20. The van der Waals surface area contributed by atoms with Crippen molar-refractivity contribution in [2.45, 2.75) is 32.4 Å². The molecule has 0 radical (unpaired) electrons. The molecular weight excluding hydrogens is 362 g/mol. The van der Waals surface area contributed by atoms with Crippen molar-refractivity contribution in [3.8, 4) is 0 Å². The van der Waals surface area contributed by atoms with Crippen molar-refractivity contribution in [3.05, 3.63) is 53.1 Å². The molecule has 0 bridgehead atoms. The van der Waals surface area contributed by atoms with E-state index in [0.29, 0.717) is 16.6 Å². The zero-order valence-corrected chi connectivity index (χ0v) is 16.4. The third-order valence-electron chi connectivity index (χ3n) is 4.33. The lowest BCUT2D eigenvalue weighted by atomic mass is 10.1. The van der Waals surface area contributed by atoms with Gasteiger partial charge < -0.3 is 9.88 Å². The normalized spacial score (nSPS) is 12.4. The minimum atomic E-state index is -0.300. The predicted octanol–water partition coefficient (Wildman–Crippen LogP) is 3.11. The second kappa shape index (κ2) is 8.39. The fourth-order valence-corrected chi connectivity index (χ4v) is 3.36. The van der Waals surface area contributed by atoms with Gasteiger partial charge in [0.05, 0.1) is 11.4 Å². The van der Waals surface area contributed by atoms with Crippen molar-refractivity contribution in [1.29, 1.82) is 0 Å². The highest BCUT2D eigenvalue weighted by molar-refractivity contribution is 7.98. The Labute approximate surface area is 161 Å². The summed E-state index contributed by atoms with van der Waals surface area (Å²) in [5.74, 6) is 0.772. The molecule has 1 atom stereocenters. The number of aromatic nitrogens is 4. The van der Waals surface area contributed by atoms with Crippen LogP contribution in [-0.2, 0) is 4.79 Å². The van der Waals surface area contributed by atoms with Crippen LogP contribution in [0.25, 0.3) is 10.9 Å². The number of carbonyl (C=O) groups is 1. The molecule has 1 amide bonds. The van der Waals surface area contributed by atoms with Gasteiger partial charge in [0.25, 0.3) is 5.56 Å². The van der Waals surface area contributed by atoms with Crippen LogP contribution in [0.2, 0.25) is 0 Å². The summed E-state index contributed by atoms with van der Waals surface area (Å²) in [4.78, 5) is 25.5. The Morgan fingerprint density at radius 1 is 1.26 bits per heavy atom. The molecule has 3 aromatic rings. The Kier molecular flexibility index (Phi) is 5.95. The lowest BCUT2D eigenvalue weighted by Crippen LogP contribution is -2.27. The van der Waals surface area contributed by atoms with Gasteiger partial charge in [-0.25, -0.2) is 4.68 Å². The summed E-state index contributed by atoms with van der Waals surface area (Å²) in [6, 6.07) is 8.55. The topological polar surface area (TPSA) is 81.8 Å². The quantitative estimate of drug-likeness (QED) is 0.676. The van der Waals surface area contributed by atoms with Crippen LogP contribution >= 0.6 is 11.8 Å². The smallest absolute Gasteiger partial charge is 0.277 e. The second-order valence-corrected chi connectivity index (χ2v) is 7.57. The summed E-state index contributed by atoms with van der Waals surface area (Å²) < 4.78 is 3.25. The zero-order chi connectivity index (χ0) is 19.4. The number of fused-ring (bicyclic) bond motifs is 1. The van der Waals surface area contributed by atoms with E-state index in [4.69, 9.17) is 0 Å². The molecule has 0 saturated carbocycles. The summed E-state index contributed by atoms with van der Waals surface area (Å²) in [5.41, 5.74) is 0.879. The molecule has 142 valence electrons. The van der Waals surface area contributed by atoms with Gasteiger partial charge in [0.15, 0.2) is 0 Å². The van der Waals surface area contributed by atoms with Gasteiger partial charge in [0.1, 0.15) is 11.6 Å². The molecule has 0 aliphatic heterocycles. The third-order valence-corrected chi connectivity index (χ3v) is 4.97. The maximum Gasteiger partial charge on any atom is 0.277 e. The number of carbonyl (C=O) groups excluding carboxylic acids is 1. The Morgan fingerprint density at radius 2 is 2.00 bits per heavy atom. The fraction of sp³-hybridized carbons (Fsp3) is 0.368. The molecule has 3 rings (SSSR count). The van der Waals surface area contributed by atoms with Crippen molar-refractivity contribution in [2.24, 2.45) is 0 Å². The van der Waals surface area contributed by atoms with Crippen molar-refractivity contribution < 1.29 is 4.79 Å². The molecule has 1 aromatic carbocycles. The first-order valence-electron chi connectivity index (χ1n) is 8.82. The molecular formula is C19H23N5O2S. The zero-order valence-electron chi connectivity index (χ0n) is 15.6. The van der Waals surface area contributed by atoms with E-state index in [1.807, 2.05) is 49.2 Å². The summed E-state index contributed by atoms with van der Waals surface area (Å²) in [6.45, 7) is 3.75. The molecule has 7 nitrogen and oxygen atoms in total. The summed E-state index contributed by atoms with van der Waals surface area (Å²) in [6.07, 6.45) is 6.53. The van der Waals surface area contributed by atoms with Crippen molar-refractivity contribution in [1.82, 2.24) is 19.6 Å². The van der Waals surface area contributed by atoms with Gasteiger partial charge in [-0.2, -0.15) is 11.8 Å². The van der Waals surface area contributed by atoms with Crippen LogP contribution in [0, 0.1) is 0 Å². The van der Waals surface area contributed by atoms with Gasteiger partial charge in [-0.3, -0.25) is 9.59 Å². The Bertz CT molecular complexity index is 981. The van der Waals surface area contributed by atoms with Crippen LogP contribution < -0.4 is 10.9 Å². The summed E-state index contributed by atoms with van der Waals surface area (Å²) in [7, 11) is 0. The minimum absolute atomic E-state index is 0.0858. The van der Waals surface area contributed by atoms with E-state index < -0.39 is 0 Å². The van der Waals surface area contributed by atoms with Crippen LogP contribution in [-0.4, -0.2) is 37.5 Å². The van der Waals surface area contributed by atoms with E-state index in [2.05, 4.69) is 15.6 Å². The van der Waals surface area contributed by atoms with E-state index >= 15 is 0 Å². The number of nitrogens with zero attached hydrogens (tertiary/aromatic N) is 4. The van der Waals surface area contributed by atoms with E-state index in [1.54, 1.807) is 30.0 Å². The molecule has 0 fully saturated rings. The number of hydrogen-bond acceptors (Lipinski definition) is 5. The first-order valence-corrected chi connectivity index (χ1v) is 10.2. The molecule has 0 unspecified atom stereocenters. The first-order chi connectivity index (χ1) is 13.0. The Morgan fingerprint density at radius 3 is 2.67 bits per heavy atom. The summed E-state index contributed by atoms with van der Waals surface area (Å²) >= 11 is 1.71. The van der Waals surface area contributed by atoms with Crippen LogP contribution in [0.5, 0.6) is 0 Å². The Balaban J connectivity index is 1.89. The average molecular weight is 385 g/mol. The van der Waals surface area contributed by atoms with Gasteiger partial charge in [-0.1, -0.05) is 5.21 Å². The first kappa shape index (κ1) is 19.2. The van der Waals surface area contributed by atoms with Crippen LogP contribution in [0.1, 0.15) is 32.4 Å². The second-order valence-electron chi connectivity index (χ2n) is 6.58. The molecule has 0 spiro atoms. The van der Waals surface area contributed by atoms with Crippen LogP contribution in [0.15, 0.2) is 47.5 Å². The number of benzene rings is 1. The van der Waals surface area contributed by atoms with Crippen LogP contribution in [0.4, 0.5) is 5.69 Å². The highest BCUT2D eigenvalue weighted by Crippen LogP contribution is 2.20. The van der Waals surface area contributed by atoms with Gasteiger partial charge >= 0.3 is 0 Å². The lowest BCUT2D eigenvalue weighted by molar-refractivity contribution is -0.119. The molecule has 8 heteroatoms. The lowest BCUT2D eigenvalue weighted by Gasteiger charge is -2.18. The number of nitrogens with one attached hydrogen (secondary N) is 1. The van der Waals surface area contributed by atoms with E-state index in [0.717, 1.165) is 12.2 Å². The van der Waals surface area contributed by atoms with E-state index in [9.17, 15) is 9.59 Å². The largest absolute Gasteiger partial charge is 0.342 e. The highest BCUT2D eigenvalue weighted by atomic mass is 32.2. The number of anilines is 1. The van der Waals surface area contributed by atoms with Crippen LogP contribution in [0.3, 0.4) is 0 Å². The molecule has 1 N–H and O–H groups in total. The molecule has 0 aliphatic carbocycles. The number of hydrogen-bond donors (Lipinski definition) is 1. The molecule has 27 heavy (non-hydrogen) atoms.